The molecule has 3 fully saturated rings. The van der Waals surface area contributed by atoms with Crippen LogP contribution in [0.25, 0.3) is 16.9 Å². The molecule has 0 saturated carbocycles. The average Bonchev–Trinajstić information content (AvgIpc) is 3.40. The molecule has 3 aliphatic heterocycles. The monoisotopic (exact) mass is 671 g/mol. The van der Waals surface area contributed by atoms with E-state index in [1.807, 2.05) is 11.0 Å². The van der Waals surface area contributed by atoms with Gasteiger partial charge in [-0.1, -0.05) is 5.57 Å². The van der Waals surface area contributed by atoms with E-state index < -0.39 is 17.8 Å². The van der Waals surface area contributed by atoms with Crippen LogP contribution in [0.1, 0.15) is 25.0 Å². The molecule has 0 radical (unpaired) electrons. The Balaban J connectivity index is 1.23. The van der Waals surface area contributed by atoms with E-state index in [9.17, 15) is 27.6 Å². The van der Waals surface area contributed by atoms with Gasteiger partial charge >= 0.3 is 12.3 Å². The van der Waals surface area contributed by atoms with Crippen molar-refractivity contribution >= 4 is 35.1 Å². The van der Waals surface area contributed by atoms with Crippen molar-refractivity contribution in [1.29, 1.82) is 0 Å². The molecule has 0 aromatic carbocycles. The fourth-order valence-corrected chi connectivity index (χ4v) is 6.05. The lowest BCUT2D eigenvalue weighted by molar-refractivity contribution is -0.137. The first-order chi connectivity index (χ1) is 22.8. The van der Waals surface area contributed by atoms with Gasteiger partial charge < -0.3 is 24.6 Å². The van der Waals surface area contributed by atoms with Gasteiger partial charge in [-0.05, 0) is 31.5 Å². The number of rotatable bonds is 8. The van der Waals surface area contributed by atoms with E-state index in [2.05, 4.69) is 35.3 Å². The number of halogens is 3. The van der Waals surface area contributed by atoms with Crippen molar-refractivity contribution in [1.82, 2.24) is 34.7 Å². The molecule has 48 heavy (non-hydrogen) atoms. The number of allylic oxidation sites excluding steroid dienone is 1. The Labute approximate surface area is 273 Å². The zero-order valence-electron chi connectivity index (χ0n) is 26.8. The quantitative estimate of drug-likeness (QED) is 0.343. The molecule has 256 valence electrons. The number of aromatic nitrogens is 4. The third-order valence-electron chi connectivity index (χ3n) is 8.50. The Morgan fingerprint density at radius 3 is 2.46 bits per heavy atom. The number of anilines is 2. The summed E-state index contributed by atoms with van der Waals surface area (Å²) in [6.07, 6.45) is -1.53. The second-order valence-electron chi connectivity index (χ2n) is 12.6. The second-order valence-corrected chi connectivity index (χ2v) is 12.6. The van der Waals surface area contributed by atoms with Gasteiger partial charge in [0.2, 0.25) is 11.8 Å². The van der Waals surface area contributed by atoms with Gasteiger partial charge in [0, 0.05) is 64.3 Å². The first kappa shape index (κ1) is 33.1. The van der Waals surface area contributed by atoms with Crippen molar-refractivity contribution in [2.75, 3.05) is 76.4 Å². The Hall–Kier alpha value is -4.77. The molecular weight excluding hydrogens is 635 g/mol. The number of hydrogen-bond acceptors (Lipinski definition) is 10. The predicted octanol–water partition coefficient (Wildman–Crippen LogP) is 2.55. The number of pyridine rings is 1. The summed E-state index contributed by atoms with van der Waals surface area (Å²) in [7, 11) is 1.10. The number of ether oxygens (including phenoxy) is 2. The fourth-order valence-electron chi connectivity index (χ4n) is 6.05. The molecule has 6 rings (SSSR count). The SMILES string of the molecule is COC(=O)Nc1cc(C(F)(F)F)c(-c2nc(N3CC4(COC4)C3)c3cc(CN4CCN(C(=O)CNC(=O)C=C(C)C)CC4)cn3n2)cn1. The van der Waals surface area contributed by atoms with Crippen LogP contribution in [0.3, 0.4) is 0 Å². The molecule has 0 unspecified atom stereocenters. The van der Waals surface area contributed by atoms with Crippen molar-refractivity contribution in [3.05, 3.63) is 47.3 Å². The van der Waals surface area contributed by atoms with Gasteiger partial charge in [-0.3, -0.25) is 19.8 Å². The number of hydrogen-bond donors (Lipinski definition) is 2. The van der Waals surface area contributed by atoms with E-state index in [1.165, 1.54) is 6.08 Å². The zero-order chi connectivity index (χ0) is 34.2. The summed E-state index contributed by atoms with van der Waals surface area (Å²) in [5.74, 6) is -0.454. The van der Waals surface area contributed by atoms with E-state index in [0.29, 0.717) is 70.4 Å². The number of fused-ring (bicyclic) bond motifs is 1. The summed E-state index contributed by atoms with van der Waals surface area (Å²) in [6, 6.07) is 2.66. The highest BCUT2D eigenvalue weighted by molar-refractivity contribution is 5.91. The standard InChI is InChI=1S/C31H36F3N9O5/c1-19(2)8-25(44)36-12-26(45)41-6-4-40(5-7-41)13-20-9-23-28(42-15-30(16-42)17-48-18-30)38-27(39-43(23)14-20)21-11-35-24(37-29(46)47-3)10-22(21)31(32,33)34/h8-11,14H,4-7,12-13,15-18H2,1-3H3,(H,36,44)(H,35,37,46). The summed E-state index contributed by atoms with van der Waals surface area (Å²) in [4.78, 5) is 50.7. The van der Waals surface area contributed by atoms with E-state index in [1.54, 1.807) is 29.5 Å². The molecule has 6 heterocycles. The highest BCUT2D eigenvalue weighted by Crippen LogP contribution is 2.42. The molecule has 0 aliphatic carbocycles. The Kier molecular flexibility index (Phi) is 9.00. The normalized spacial score (nSPS) is 17.5. The summed E-state index contributed by atoms with van der Waals surface area (Å²) in [6.45, 7) is 8.80. The van der Waals surface area contributed by atoms with Crippen LogP contribution >= 0.6 is 0 Å². The minimum absolute atomic E-state index is 0.0168. The molecule has 3 aromatic rings. The lowest BCUT2D eigenvalue weighted by atomic mass is 9.78. The van der Waals surface area contributed by atoms with Gasteiger partial charge in [0.15, 0.2) is 11.6 Å². The first-order valence-electron chi connectivity index (χ1n) is 15.4. The number of piperazine rings is 1. The number of carbonyl (C=O) groups excluding carboxylic acids is 3. The molecule has 3 saturated heterocycles. The summed E-state index contributed by atoms with van der Waals surface area (Å²) < 4.78 is 54.3. The molecule has 0 bridgehead atoms. The summed E-state index contributed by atoms with van der Waals surface area (Å²) >= 11 is 0. The van der Waals surface area contributed by atoms with Gasteiger partial charge in [0.25, 0.3) is 0 Å². The lowest BCUT2D eigenvalue weighted by Gasteiger charge is -2.55. The smallest absolute Gasteiger partial charge is 0.417 e. The highest BCUT2D eigenvalue weighted by Gasteiger charge is 2.50. The number of alkyl halides is 3. The largest absolute Gasteiger partial charge is 0.453 e. The molecule has 14 nitrogen and oxygen atoms in total. The zero-order valence-corrected chi connectivity index (χ0v) is 26.8. The molecular formula is C31H36F3N9O5. The van der Waals surface area contributed by atoms with Crippen molar-refractivity contribution in [3.8, 4) is 11.4 Å². The van der Waals surface area contributed by atoms with Gasteiger partial charge in [-0.2, -0.15) is 13.2 Å². The van der Waals surface area contributed by atoms with E-state index in [-0.39, 0.29) is 41.0 Å². The van der Waals surface area contributed by atoms with E-state index >= 15 is 0 Å². The third kappa shape index (κ3) is 7.06. The van der Waals surface area contributed by atoms with Gasteiger partial charge in [0.05, 0.1) is 43.4 Å². The van der Waals surface area contributed by atoms with Crippen LogP contribution in [0, 0.1) is 5.41 Å². The molecule has 17 heteroatoms. The number of nitrogens with one attached hydrogen (secondary N) is 2. The van der Waals surface area contributed by atoms with E-state index in [0.717, 1.165) is 30.5 Å². The van der Waals surface area contributed by atoms with Crippen LogP contribution < -0.4 is 15.5 Å². The summed E-state index contributed by atoms with van der Waals surface area (Å²) in [5, 5.41) is 9.28. The Morgan fingerprint density at radius 1 is 1.10 bits per heavy atom. The lowest BCUT2D eigenvalue weighted by Crippen LogP contribution is -2.66. The predicted molar refractivity (Wildman–Crippen MR) is 167 cm³/mol. The van der Waals surface area contributed by atoms with Crippen LogP contribution in [0.2, 0.25) is 0 Å². The maximum absolute atomic E-state index is 14.3. The number of amides is 3. The third-order valence-corrected chi connectivity index (χ3v) is 8.50. The Bertz CT molecular complexity index is 1750. The molecule has 3 amide bonds. The first-order valence-corrected chi connectivity index (χ1v) is 15.4. The second kappa shape index (κ2) is 13.0. The van der Waals surface area contributed by atoms with Crippen LogP contribution in [0.5, 0.6) is 0 Å². The topological polar surface area (TPSA) is 147 Å². The van der Waals surface area contributed by atoms with Crippen LogP contribution in [-0.4, -0.2) is 113 Å². The maximum Gasteiger partial charge on any atom is 0.417 e. The summed E-state index contributed by atoms with van der Waals surface area (Å²) in [5.41, 5.74) is 0.993. The highest BCUT2D eigenvalue weighted by atomic mass is 19.4. The average molecular weight is 672 g/mol. The maximum atomic E-state index is 14.3. The number of methoxy groups -OCH3 is 1. The molecule has 3 aliphatic rings. The van der Waals surface area contributed by atoms with Gasteiger partial charge in [-0.15, -0.1) is 5.10 Å². The van der Waals surface area contributed by atoms with Crippen molar-refractivity contribution in [3.63, 3.8) is 0 Å². The van der Waals surface area contributed by atoms with Crippen LogP contribution in [0.4, 0.5) is 29.6 Å². The van der Waals surface area contributed by atoms with Crippen molar-refractivity contribution in [2.45, 2.75) is 26.6 Å². The van der Waals surface area contributed by atoms with E-state index in [4.69, 9.17) is 4.74 Å². The molecule has 2 N–H and O–H groups in total. The number of nitrogens with zero attached hydrogens (tertiary/aromatic N) is 7. The fraction of sp³-hybridized carbons (Fsp3) is 0.484. The minimum atomic E-state index is -4.80. The van der Waals surface area contributed by atoms with Gasteiger partial charge in [-0.25, -0.2) is 19.3 Å². The molecule has 1 spiro atoms. The van der Waals surface area contributed by atoms with Crippen molar-refractivity contribution in [2.24, 2.45) is 5.41 Å². The molecule has 3 aromatic heterocycles. The van der Waals surface area contributed by atoms with Gasteiger partial charge in [0.1, 0.15) is 11.3 Å². The van der Waals surface area contributed by atoms with Crippen molar-refractivity contribution < 1.29 is 37.0 Å². The number of carbonyl (C=O) groups is 3. The minimum Gasteiger partial charge on any atom is -0.453 e. The Morgan fingerprint density at radius 2 is 1.83 bits per heavy atom. The molecule has 0 atom stereocenters. The van der Waals surface area contributed by atoms with Crippen LogP contribution in [-0.2, 0) is 31.8 Å². The van der Waals surface area contributed by atoms with Crippen LogP contribution in [0.15, 0.2) is 36.2 Å².